The molecule has 1 saturated heterocycles. The lowest BCUT2D eigenvalue weighted by Crippen LogP contribution is -2.51. The normalized spacial score (nSPS) is 16.2. The molecule has 0 spiro atoms. The van der Waals surface area contributed by atoms with Gasteiger partial charge in [0.25, 0.3) is 0 Å². The van der Waals surface area contributed by atoms with E-state index in [1.165, 1.54) is 23.5 Å². The number of rotatable bonds is 5. The van der Waals surface area contributed by atoms with Crippen LogP contribution in [-0.4, -0.2) is 61.7 Å². The second kappa shape index (κ2) is 7.81. The third-order valence-corrected chi connectivity index (χ3v) is 6.15. The van der Waals surface area contributed by atoms with Gasteiger partial charge in [0.15, 0.2) is 5.75 Å². The summed E-state index contributed by atoms with van der Waals surface area (Å²) in [4.78, 5) is 24.3. The minimum absolute atomic E-state index is 0.000340. The molecule has 0 unspecified atom stereocenters. The predicted octanol–water partition coefficient (Wildman–Crippen LogP) is 1.87. The van der Waals surface area contributed by atoms with Gasteiger partial charge in [0, 0.05) is 38.7 Å². The fourth-order valence-electron chi connectivity index (χ4n) is 2.87. The molecule has 0 saturated carbocycles. The molecule has 1 amide bonds. The molecular weight excluding hydrogens is 374 g/mol. The molecule has 1 aromatic rings. The maximum absolute atomic E-state index is 12.8. The highest BCUT2D eigenvalue weighted by atomic mass is 32.2. The highest BCUT2D eigenvalue weighted by Crippen LogP contribution is 2.31. The van der Waals surface area contributed by atoms with Crippen LogP contribution in [0.5, 0.6) is 5.75 Å². The van der Waals surface area contributed by atoms with Crippen LogP contribution in [0, 0.1) is 15.5 Å². The van der Waals surface area contributed by atoms with Gasteiger partial charge in [-0.2, -0.15) is 4.31 Å². The summed E-state index contributed by atoms with van der Waals surface area (Å²) < 4.78 is 31.8. The summed E-state index contributed by atoms with van der Waals surface area (Å²) in [5.41, 5.74) is -0.542. The number of methoxy groups -OCH3 is 1. The molecule has 1 aliphatic heterocycles. The zero-order chi connectivity index (χ0) is 20.4. The van der Waals surface area contributed by atoms with Crippen LogP contribution in [0.1, 0.15) is 27.2 Å². The smallest absolute Gasteiger partial charge is 0.312 e. The van der Waals surface area contributed by atoms with Gasteiger partial charge in [0.05, 0.1) is 16.9 Å². The van der Waals surface area contributed by atoms with Crippen molar-refractivity contribution >= 4 is 21.6 Å². The maximum atomic E-state index is 12.8. The highest BCUT2D eigenvalue weighted by molar-refractivity contribution is 7.89. The van der Waals surface area contributed by atoms with Crippen molar-refractivity contribution in [3.05, 3.63) is 28.3 Å². The predicted molar refractivity (Wildman–Crippen MR) is 99.1 cm³/mol. The lowest BCUT2D eigenvalue weighted by Gasteiger charge is -2.35. The monoisotopic (exact) mass is 399 g/mol. The van der Waals surface area contributed by atoms with Gasteiger partial charge in [-0.3, -0.25) is 14.9 Å². The van der Waals surface area contributed by atoms with Crippen molar-refractivity contribution < 1.29 is 22.9 Å². The second-order valence-electron chi connectivity index (χ2n) is 7.61. The molecule has 1 fully saturated rings. The van der Waals surface area contributed by atoms with E-state index in [4.69, 9.17) is 4.74 Å². The first kappa shape index (κ1) is 21.1. The van der Waals surface area contributed by atoms with E-state index in [2.05, 4.69) is 0 Å². The highest BCUT2D eigenvalue weighted by Gasteiger charge is 2.32. The minimum Gasteiger partial charge on any atom is -0.490 e. The lowest BCUT2D eigenvalue weighted by atomic mass is 9.91. The summed E-state index contributed by atoms with van der Waals surface area (Å²) in [6.07, 6.45) is 0.393. The number of piperazine rings is 1. The first-order chi connectivity index (χ1) is 12.5. The summed E-state index contributed by atoms with van der Waals surface area (Å²) in [7, 11) is -2.61. The van der Waals surface area contributed by atoms with Gasteiger partial charge in [0.1, 0.15) is 0 Å². The van der Waals surface area contributed by atoms with E-state index in [1.807, 2.05) is 20.8 Å². The first-order valence-electron chi connectivity index (χ1n) is 8.56. The van der Waals surface area contributed by atoms with E-state index in [0.717, 1.165) is 6.07 Å². The van der Waals surface area contributed by atoms with Gasteiger partial charge in [0.2, 0.25) is 15.9 Å². The van der Waals surface area contributed by atoms with Crippen molar-refractivity contribution in [1.29, 1.82) is 0 Å². The SMILES string of the molecule is COc1ccc(S(=O)(=O)N2CCN(C(=O)CC(C)(C)C)CC2)cc1[N+](=O)[O-]. The Morgan fingerprint density at radius 3 is 2.30 bits per heavy atom. The quantitative estimate of drug-likeness (QED) is 0.552. The maximum Gasteiger partial charge on any atom is 0.312 e. The Morgan fingerprint density at radius 1 is 1.22 bits per heavy atom. The van der Waals surface area contributed by atoms with Crippen LogP contribution in [0.2, 0.25) is 0 Å². The first-order valence-corrected chi connectivity index (χ1v) is 10.00. The molecule has 0 radical (unpaired) electrons. The van der Waals surface area contributed by atoms with Gasteiger partial charge < -0.3 is 9.64 Å². The molecule has 1 heterocycles. The summed E-state index contributed by atoms with van der Waals surface area (Å²) in [6, 6.07) is 3.57. The molecule has 0 aliphatic carbocycles. The number of benzene rings is 1. The zero-order valence-electron chi connectivity index (χ0n) is 16.0. The molecule has 0 bridgehead atoms. The van der Waals surface area contributed by atoms with Crippen molar-refractivity contribution in [1.82, 2.24) is 9.21 Å². The summed E-state index contributed by atoms with van der Waals surface area (Å²) in [6.45, 7) is 6.82. The topological polar surface area (TPSA) is 110 Å². The van der Waals surface area contributed by atoms with Crippen molar-refractivity contribution in [3.8, 4) is 5.75 Å². The van der Waals surface area contributed by atoms with Gasteiger partial charge in [-0.1, -0.05) is 20.8 Å². The van der Waals surface area contributed by atoms with E-state index >= 15 is 0 Å². The van der Waals surface area contributed by atoms with Crippen LogP contribution in [0.15, 0.2) is 23.1 Å². The number of ether oxygens (including phenoxy) is 1. The van der Waals surface area contributed by atoms with Crippen LogP contribution < -0.4 is 4.74 Å². The van der Waals surface area contributed by atoms with Crippen molar-refractivity contribution in [2.75, 3.05) is 33.3 Å². The van der Waals surface area contributed by atoms with Crippen LogP contribution in [0.25, 0.3) is 0 Å². The molecule has 27 heavy (non-hydrogen) atoms. The van der Waals surface area contributed by atoms with Crippen LogP contribution in [-0.2, 0) is 14.8 Å². The van der Waals surface area contributed by atoms with Gasteiger partial charge in [-0.05, 0) is 17.5 Å². The Bertz CT molecular complexity index is 824. The molecule has 0 atom stereocenters. The molecule has 0 aromatic heterocycles. The zero-order valence-corrected chi connectivity index (χ0v) is 16.8. The van der Waals surface area contributed by atoms with E-state index in [-0.39, 0.29) is 35.1 Å². The van der Waals surface area contributed by atoms with Crippen molar-refractivity contribution in [2.24, 2.45) is 5.41 Å². The number of hydrogen-bond acceptors (Lipinski definition) is 6. The van der Waals surface area contributed by atoms with Crippen molar-refractivity contribution in [2.45, 2.75) is 32.1 Å². The summed E-state index contributed by atoms with van der Waals surface area (Å²) >= 11 is 0. The van der Waals surface area contributed by atoms with E-state index in [1.54, 1.807) is 4.90 Å². The minimum atomic E-state index is -3.89. The standard InChI is InChI=1S/C17H25N3O6S/c1-17(2,3)12-16(21)18-7-9-19(10-8-18)27(24,25)13-5-6-15(26-4)14(11-13)20(22)23/h5-6,11H,7-10,12H2,1-4H3. The Labute approximate surface area is 159 Å². The molecule has 150 valence electrons. The van der Waals surface area contributed by atoms with E-state index in [9.17, 15) is 23.3 Å². The fraction of sp³-hybridized carbons (Fsp3) is 0.588. The van der Waals surface area contributed by atoms with Crippen LogP contribution >= 0.6 is 0 Å². The molecule has 0 N–H and O–H groups in total. The van der Waals surface area contributed by atoms with E-state index < -0.39 is 20.6 Å². The molecule has 9 nitrogen and oxygen atoms in total. The number of nitro groups is 1. The van der Waals surface area contributed by atoms with Gasteiger partial charge in [-0.15, -0.1) is 0 Å². The van der Waals surface area contributed by atoms with E-state index in [0.29, 0.717) is 19.5 Å². The number of nitro benzene ring substituents is 1. The number of sulfonamides is 1. The summed E-state index contributed by atoms with van der Waals surface area (Å²) in [5, 5.41) is 11.1. The van der Waals surface area contributed by atoms with Gasteiger partial charge >= 0.3 is 5.69 Å². The average molecular weight is 399 g/mol. The largest absolute Gasteiger partial charge is 0.490 e. The Balaban J connectivity index is 2.14. The number of hydrogen-bond donors (Lipinski definition) is 0. The Kier molecular flexibility index (Phi) is 6.10. The molecule has 1 aliphatic rings. The van der Waals surface area contributed by atoms with Crippen LogP contribution in [0.4, 0.5) is 5.69 Å². The number of carbonyl (C=O) groups excluding carboxylic acids is 1. The average Bonchev–Trinajstić information content (AvgIpc) is 2.59. The van der Waals surface area contributed by atoms with Crippen molar-refractivity contribution in [3.63, 3.8) is 0 Å². The number of carbonyl (C=O) groups is 1. The fourth-order valence-corrected chi connectivity index (χ4v) is 4.31. The molecule has 10 heteroatoms. The Morgan fingerprint density at radius 2 is 1.81 bits per heavy atom. The molecular formula is C17H25N3O6S. The lowest BCUT2D eigenvalue weighted by molar-refractivity contribution is -0.386. The second-order valence-corrected chi connectivity index (χ2v) is 9.55. The van der Waals surface area contributed by atoms with Crippen LogP contribution in [0.3, 0.4) is 0 Å². The number of nitrogens with zero attached hydrogens (tertiary/aromatic N) is 3. The Hall–Kier alpha value is -2.20. The number of amides is 1. The molecule has 2 rings (SSSR count). The van der Waals surface area contributed by atoms with Gasteiger partial charge in [-0.25, -0.2) is 8.42 Å². The molecule has 1 aromatic carbocycles. The third-order valence-electron chi connectivity index (χ3n) is 4.26. The summed E-state index contributed by atoms with van der Waals surface area (Å²) in [5.74, 6) is -0.00354. The third kappa shape index (κ3) is 4.95.